The number of aryl methyl sites for hydroxylation is 1. The Bertz CT molecular complexity index is 433. The summed E-state index contributed by atoms with van der Waals surface area (Å²) in [6, 6.07) is 7.65. The van der Waals surface area contributed by atoms with E-state index in [1.54, 1.807) is 7.11 Å². The quantitative estimate of drug-likeness (QED) is 0.916. The first kappa shape index (κ1) is 15.2. The fourth-order valence-electron chi connectivity index (χ4n) is 3.01. The second-order valence-corrected chi connectivity index (χ2v) is 5.89. The summed E-state index contributed by atoms with van der Waals surface area (Å²) in [5, 5.41) is 3.73. The van der Waals surface area contributed by atoms with Gasteiger partial charge in [0.25, 0.3) is 0 Å². The number of nitrogens with zero attached hydrogens (tertiary/aromatic N) is 1. The number of rotatable bonds is 3. The van der Waals surface area contributed by atoms with Crippen LogP contribution in [0.2, 0.25) is 0 Å². The van der Waals surface area contributed by atoms with Crippen LogP contribution in [-0.2, 0) is 0 Å². The van der Waals surface area contributed by atoms with Gasteiger partial charge in [-0.3, -0.25) is 0 Å². The molecular weight excluding hydrogens is 248 g/mol. The van der Waals surface area contributed by atoms with Crippen LogP contribution in [0.15, 0.2) is 18.2 Å². The molecule has 20 heavy (non-hydrogen) atoms. The highest BCUT2D eigenvalue weighted by Gasteiger charge is 2.18. The number of methoxy groups -OCH3 is 1. The number of hydrogen-bond acceptors (Lipinski definition) is 3. The van der Waals surface area contributed by atoms with Crippen LogP contribution in [0.1, 0.15) is 38.7 Å². The Hall–Kier alpha value is -1.22. The van der Waals surface area contributed by atoms with E-state index in [4.69, 9.17) is 4.74 Å². The highest BCUT2D eigenvalue weighted by atomic mass is 16.5. The third-order valence-corrected chi connectivity index (χ3v) is 4.34. The summed E-state index contributed by atoms with van der Waals surface area (Å²) >= 11 is 0. The highest BCUT2D eigenvalue weighted by molar-refractivity contribution is 5.55. The minimum absolute atomic E-state index is 0.598. The Morgan fingerprint density at radius 3 is 2.70 bits per heavy atom. The van der Waals surface area contributed by atoms with Gasteiger partial charge in [0.15, 0.2) is 0 Å². The predicted octanol–water partition coefficient (Wildman–Crippen LogP) is 3.36. The van der Waals surface area contributed by atoms with Crippen LogP contribution in [0.25, 0.3) is 0 Å². The van der Waals surface area contributed by atoms with Gasteiger partial charge in [-0.2, -0.15) is 0 Å². The Kier molecular flexibility index (Phi) is 5.30. The van der Waals surface area contributed by atoms with Gasteiger partial charge < -0.3 is 15.0 Å². The first-order chi connectivity index (χ1) is 9.63. The van der Waals surface area contributed by atoms with E-state index in [1.807, 2.05) is 0 Å². The molecule has 0 bridgehead atoms. The molecule has 1 aromatic rings. The summed E-state index contributed by atoms with van der Waals surface area (Å²) < 4.78 is 5.31. The molecule has 3 heteroatoms. The first-order valence-electron chi connectivity index (χ1n) is 7.79. The smallest absolute Gasteiger partial charge is 0.119 e. The molecule has 2 atom stereocenters. The monoisotopic (exact) mass is 276 g/mol. The summed E-state index contributed by atoms with van der Waals surface area (Å²) in [6.45, 7) is 9.00. The van der Waals surface area contributed by atoms with E-state index in [0.717, 1.165) is 18.8 Å². The normalized spacial score (nSPS) is 24.1. The van der Waals surface area contributed by atoms with Crippen molar-refractivity contribution in [3.63, 3.8) is 0 Å². The summed E-state index contributed by atoms with van der Waals surface area (Å²) in [5.41, 5.74) is 2.66. The Morgan fingerprint density at radius 1 is 1.30 bits per heavy atom. The van der Waals surface area contributed by atoms with Gasteiger partial charge in [0, 0.05) is 30.9 Å². The summed E-state index contributed by atoms with van der Waals surface area (Å²) in [4.78, 5) is 2.54. The third kappa shape index (κ3) is 3.66. The van der Waals surface area contributed by atoms with E-state index >= 15 is 0 Å². The first-order valence-corrected chi connectivity index (χ1v) is 7.79. The second kappa shape index (κ2) is 6.98. The van der Waals surface area contributed by atoms with Crippen molar-refractivity contribution in [2.75, 3.05) is 25.1 Å². The summed E-state index contributed by atoms with van der Waals surface area (Å²) in [5.74, 6) is 0.944. The molecule has 0 aromatic heterocycles. The molecular formula is C17H28N2O. The molecule has 0 amide bonds. The van der Waals surface area contributed by atoms with Crippen molar-refractivity contribution in [3.05, 3.63) is 23.8 Å². The average Bonchev–Trinajstić information content (AvgIpc) is 2.44. The van der Waals surface area contributed by atoms with Gasteiger partial charge in [-0.05, 0) is 56.9 Å². The molecule has 1 heterocycles. The van der Waals surface area contributed by atoms with Crippen molar-refractivity contribution in [2.45, 2.75) is 52.1 Å². The molecule has 1 aromatic carbocycles. The molecule has 0 aliphatic carbocycles. The number of anilines is 1. The van der Waals surface area contributed by atoms with Gasteiger partial charge in [0.2, 0.25) is 0 Å². The number of nitrogens with one attached hydrogen (secondary N) is 1. The van der Waals surface area contributed by atoms with E-state index < -0.39 is 0 Å². The van der Waals surface area contributed by atoms with Crippen molar-refractivity contribution < 1.29 is 4.74 Å². The van der Waals surface area contributed by atoms with E-state index in [9.17, 15) is 0 Å². The maximum Gasteiger partial charge on any atom is 0.119 e. The van der Waals surface area contributed by atoms with Crippen LogP contribution in [0.5, 0.6) is 5.75 Å². The molecule has 1 fully saturated rings. The second-order valence-electron chi connectivity index (χ2n) is 5.89. The van der Waals surface area contributed by atoms with Gasteiger partial charge >= 0.3 is 0 Å². The topological polar surface area (TPSA) is 24.5 Å². The zero-order chi connectivity index (χ0) is 14.5. The zero-order valence-corrected chi connectivity index (χ0v) is 13.3. The van der Waals surface area contributed by atoms with Gasteiger partial charge in [0.05, 0.1) is 7.11 Å². The molecule has 2 unspecified atom stereocenters. The van der Waals surface area contributed by atoms with Crippen molar-refractivity contribution in [3.8, 4) is 5.75 Å². The highest BCUT2D eigenvalue weighted by Crippen LogP contribution is 2.26. The van der Waals surface area contributed by atoms with Gasteiger partial charge in [-0.15, -0.1) is 0 Å². The largest absolute Gasteiger partial charge is 0.497 e. The third-order valence-electron chi connectivity index (χ3n) is 4.34. The molecule has 0 saturated carbocycles. The lowest BCUT2D eigenvalue weighted by Crippen LogP contribution is -2.44. The Morgan fingerprint density at radius 2 is 2.05 bits per heavy atom. The van der Waals surface area contributed by atoms with E-state index in [-0.39, 0.29) is 0 Å². The van der Waals surface area contributed by atoms with Gasteiger partial charge in [-0.1, -0.05) is 6.92 Å². The molecule has 0 spiro atoms. The van der Waals surface area contributed by atoms with Crippen LogP contribution in [-0.4, -0.2) is 32.3 Å². The number of hydrogen-bond donors (Lipinski definition) is 1. The molecule has 0 radical (unpaired) electrons. The van der Waals surface area contributed by atoms with E-state index in [1.165, 1.54) is 30.5 Å². The van der Waals surface area contributed by atoms with Gasteiger partial charge in [-0.25, -0.2) is 0 Å². The zero-order valence-electron chi connectivity index (χ0n) is 13.3. The van der Waals surface area contributed by atoms with Crippen molar-refractivity contribution in [1.82, 2.24) is 5.32 Å². The molecule has 1 saturated heterocycles. The van der Waals surface area contributed by atoms with E-state index in [0.29, 0.717) is 12.1 Å². The fraction of sp³-hybridized carbons (Fsp3) is 0.647. The lowest BCUT2D eigenvalue weighted by Gasteiger charge is -2.34. The van der Waals surface area contributed by atoms with Crippen molar-refractivity contribution in [1.29, 1.82) is 0 Å². The Balaban J connectivity index is 2.14. The molecule has 1 aliphatic heterocycles. The lowest BCUT2D eigenvalue weighted by atomic mass is 10.0. The van der Waals surface area contributed by atoms with Crippen LogP contribution in [0.3, 0.4) is 0 Å². The standard InChI is InChI=1S/C17H28N2O/c1-5-15-9-11-19(10-8-14(3)18-15)17-7-6-16(20-4)12-13(17)2/h6-7,12,14-15,18H,5,8-11H2,1-4H3. The maximum atomic E-state index is 5.31. The lowest BCUT2D eigenvalue weighted by molar-refractivity contribution is 0.378. The SMILES string of the molecule is CCC1CCN(c2ccc(OC)cc2C)CCC(C)N1. The fourth-order valence-corrected chi connectivity index (χ4v) is 3.01. The minimum Gasteiger partial charge on any atom is -0.497 e. The van der Waals surface area contributed by atoms with Crippen LogP contribution in [0.4, 0.5) is 5.69 Å². The molecule has 1 N–H and O–H groups in total. The predicted molar refractivity (Wildman–Crippen MR) is 85.9 cm³/mol. The molecule has 3 nitrogen and oxygen atoms in total. The Labute approximate surface area is 123 Å². The summed E-state index contributed by atoms with van der Waals surface area (Å²) in [6.07, 6.45) is 3.62. The van der Waals surface area contributed by atoms with E-state index in [2.05, 4.69) is 49.2 Å². The van der Waals surface area contributed by atoms with Crippen molar-refractivity contribution >= 4 is 5.69 Å². The summed E-state index contributed by atoms with van der Waals surface area (Å²) in [7, 11) is 1.73. The van der Waals surface area contributed by atoms with Crippen LogP contribution < -0.4 is 15.0 Å². The maximum absolute atomic E-state index is 5.31. The minimum atomic E-state index is 0.598. The number of ether oxygens (including phenoxy) is 1. The molecule has 112 valence electrons. The van der Waals surface area contributed by atoms with Crippen LogP contribution in [0, 0.1) is 6.92 Å². The van der Waals surface area contributed by atoms with Crippen molar-refractivity contribution in [2.24, 2.45) is 0 Å². The van der Waals surface area contributed by atoms with Crippen LogP contribution >= 0.6 is 0 Å². The molecule has 1 aliphatic rings. The molecule has 2 rings (SSSR count). The average molecular weight is 276 g/mol. The number of benzene rings is 1. The van der Waals surface area contributed by atoms with Gasteiger partial charge in [0.1, 0.15) is 5.75 Å².